The van der Waals surface area contributed by atoms with Crippen LogP contribution in [0, 0.1) is 0 Å². The molecule has 0 N–H and O–H groups in total. The third-order valence-electron chi connectivity index (χ3n) is 5.46. The molecule has 1 aromatic carbocycles. The van der Waals surface area contributed by atoms with Crippen molar-refractivity contribution in [1.29, 1.82) is 0 Å². The number of likely N-dealkylation sites (N-methyl/N-ethyl adjacent to an activating group) is 1. The number of amides is 1. The first kappa shape index (κ1) is 17.9. The van der Waals surface area contributed by atoms with Gasteiger partial charge in [-0.25, -0.2) is 0 Å². The number of likely N-dealkylation sites (tertiary alicyclic amines) is 1. The monoisotopic (exact) mass is 344 g/mol. The third kappa shape index (κ3) is 3.56. The molecular weight excluding hydrogens is 316 g/mol. The maximum Gasteiger partial charge on any atom is 0.325 e. The van der Waals surface area contributed by atoms with E-state index in [-0.39, 0.29) is 18.4 Å². The van der Waals surface area contributed by atoms with Crippen molar-refractivity contribution in [3.05, 3.63) is 35.4 Å². The number of fused-ring (bicyclic) bond motifs is 1. The summed E-state index contributed by atoms with van der Waals surface area (Å²) in [6.45, 7) is 4.03. The highest BCUT2D eigenvalue weighted by molar-refractivity contribution is 5.90. The first-order chi connectivity index (χ1) is 12.1. The zero-order valence-electron chi connectivity index (χ0n) is 15.3. The minimum Gasteiger partial charge on any atom is -0.465 e. The summed E-state index contributed by atoms with van der Waals surface area (Å²) in [4.78, 5) is 29.2. The molecule has 1 aromatic rings. The van der Waals surface area contributed by atoms with Crippen LogP contribution in [0.2, 0.25) is 0 Å². The van der Waals surface area contributed by atoms with Crippen LogP contribution in [0.4, 0.5) is 0 Å². The van der Waals surface area contributed by atoms with Crippen molar-refractivity contribution in [3.8, 4) is 0 Å². The molecule has 1 aliphatic heterocycles. The van der Waals surface area contributed by atoms with Crippen LogP contribution in [-0.4, -0.2) is 60.5 Å². The van der Waals surface area contributed by atoms with Gasteiger partial charge in [0.15, 0.2) is 0 Å². The van der Waals surface area contributed by atoms with E-state index in [0.717, 1.165) is 38.8 Å². The summed E-state index contributed by atoms with van der Waals surface area (Å²) < 4.78 is 5.02. The molecule has 1 saturated heterocycles. The largest absolute Gasteiger partial charge is 0.465 e. The van der Waals surface area contributed by atoms with E-state index in [1.807, 2.05) is 12.1 Å². The highest BCUT2D eigenvalue weighted by Crippen LogP contribution is 2.37. The third-order valence-corrected chi connectivity index (χ3v) is 5.46. The first-order valence-corrected chi connectivity index (χ1v) is 9.30. The summed E-state index contributed by atoms with van der Waals surface area (Å²) in [5, 5.41) is 0. The molecule has 2 aliphatic rings. The van der Waals surface area contributed by atoms with Crippen molar-refractivity contribution in [2.45, 2.75) is 44.6 Å². The number of piperidine rings is 1. The number of benzene rings is 1. The molecule has 5 heteroatoms. The molecule has 0 radical (unpaired) electrons. The molecule has 1 aliphatic carbocycles. The minimum atomic E-state index is -0.550. The van der Waals surface area contributed by atoms with E-state index in [2.05, 4.69) is 17.0 Å². The quantitative estimate of drug-likeness (QED) is 0.767. The first-order valence-electron chi connectivity index (χ1n) is 9.30. The van der Waals surface area contributed by atoms with Gasteiger partial charge in [-0.1, -0.05) is 30.7 Å². The Balaban J connectivity index is 1.85. The fraction of sp³-hybridized carbons (Fsp3) is 0.600. The standard InChI is InChI=1S/C20H28N2O3/c1-3-25-18(23)15-21(2)19(24)20(22-11-7-4-8-12-22)13-16-9-5-6-10-17(16)14-20/h5-6,9-10H,3-4,7-8,11-15H2,1-2H3. The van der Waals surface area contributed by atoms with E-state index >= 15 is 0 Å². The number of rotatable bonds is 5. The predicted octanol–water partition coefficient (Wildman–Crippen LogP) is 2.03. The smallest absolute Gasteiger partial charge is 0.325 e. The van der Waals surface area contributed by atoms with Gasteiger partial charge in [0.2, 0.25) is 5.91 Å². The second-order valence-electron chi connectivity index (χ2n) is 7.17. The molecule has 1 fully saturated rings. The molecule has 5 nitrogen and oxygen atoms in total. The van der Waals surface area contributed by atoms with Gasteiger partial charge in [0.05, 0.1) is 6.61 Å². The lowest BCUT2D eigenvalue weighted by molar-refractivity contribution is -0.153. The fourth-order valence-electron chi connectivity index (χ4n) is 4.25. The molecule has 1 heterocycles. The van der Waals surface area contributed by atoms with Crippen LogP contribution in [0.25, 0.3) is 0 Å². The maximum absolute atomic E-state index is 13.5. The minimum absolute atomic E-state index is 0.0125. The van der Waals surface area contributed by atoms with E-state index in [4.69, 9.17) is 4.74 Å². The average Bonchev–Trinajstić information content (AvgIpc) is 3.02. The zero-order chi connectivity index (χ0) is 17.9. The van der Waals surface area contributed by atoms with E-state index in [9.17, 15) is 9.59 Å². The Hall–Kier alpha value is -1.88. The highest BCUT2D eigenvalue weighted by atomic mass is 16.5. The summed E-state index contributed by atoms with van der Waals surface area (Å²) >= 11 is 0. The van der Waals surface area contributed by atoms with Gasteiger partial charge in [-0.2, -0.15) is 0 Å². The van der Waals surface area contributed by atoms with E-state index in [0.29, 0.717) is 6.61 Å². The van der Waals surface area contributed by atoms with Gasteiger partial charge < -0.3 is 9.64 Å². The molecule has 0 bridgehead atoms. The molecule has 0 unspecified atom stereocenters. The molecule has 0 saturated carbocycles. The van der Waals surface area contributed by atoms with Gasteiger partial charge in [-0.3, -0.25) is 14.5 Å². The van der Waals surface area contributed by atoms with Crippen molar-refractivity contribution in [2.75, 3.05) is 33.3 Å². The summed E-state index contributed by atoms with van der Waals surface area (Å²) in [6.07, 6.45) is 4.96. The SMILES string of the molecule is CCOC(=O)CN(C)C(=O)C1(N2CCCCC2)Cc2ccccc2C1. The second kappa shape index (κ2) is 7.56. The number of carbonyl (C=O) groups excluding carboxylic acids is 2. The summed E-state index contributed by atoms with van der Waals surface area (Å²) in [7, 11) is 1.72. The van der Waals surface area contributed by atoms with Crippen LogP contribution in [0.3, 0.4) is 0 Å². The number of nitrogens with zero attached hydrogens (tertiary/aromatic N) is 2. The molecule has 3 rings (SSSR count). The number of esters is 1. The molecule has 136 valence electrons. The summed E-state index contributed by atoms with van der Waals surface area (Å²) in [5.41, 5.74) is 1.96. The van der Waals surface area contributed by atoms with Crippen molar-refractivity contribution in [1.82, 2.24) is 9.80 Å². The van der Waals surface area contributed by atoms with Crippen LogP contribution in [-0.2, 0) is 27.2 Å². The molecule has 25 heavy (non-hydrogen) atoms. The molecule has 1 amide bonds. The Morgan fingerprint density at radius 3 is 2.28 bits per heavy atom. The van der Waals surface area contributed by atoms with E-state index in [1.165, 1.54) is 17.5 Å². The Kier molecular flexibility index (Phi) is 5.42. The van der Waals surface area contributed by atoms with Crippen LogP contribution < -0.4 is 0 Å². The van der Waals surface area contributed by atoms with Gasteiger partial charge in [-0.05, 0) is 44.0 Å². The highest BCUT2D eigenvalue weighted by Gasteiger charge is 2.49. The Bertz CT molecular complexity index is 613. The Labute approximate surface area is 149 Å². The summed E-state index contributed by atoms with van der Waals surface area (Å²) in [6, 6.07) is 8.33. The molecule has 0 aromatic heterocycles. The second-order valence-corrected chi connectivity index (χ2v) is 7.17. The number of ether oxygens (including phenoxy) is 1. The van der Waals surface area contributed by atoms with Crippen LogP contribution in [0.5, 0.6) is 0 Å². The predicted molar refractivity (Wildman–Crippen MR) is 96.3 cm³/mol. The lowest BCUT2D eigenvalue weighted by Gasteiger charge is -2.43. The Morgan fingerprint density at radius 2 is 1.72 bits per heavy atom. The van der Waals surface area contributed by atoms with Crippen LogP contribution >= 0.6 is 0 Å². The van der Waals surface area contributed by atoms with Gasteiger partial charge in [-0.15, -0.1) is 0 Å². The maximum atomic E-state index is 13.5. The molecular formula is C20H28N2O3. The molecule has 0 atom stereocenters. The number of hydrogen-bond donors (Lipinski definition) is 0. The van der Waals surface area contributed by atoms with E-state index < -0.39 is 5.54 Å². The average molecular weight is 344 g/mol. The normalized spacial score (nSPS) is 19.3. The lowest BCUT2D eigenvalue weighted by Crippen LogP contribution is -2.61. The zero-order valence-corrected chi connectivity index (χ0v) is 15.3. The number of hydrogen-bond acceptors (Lipinski definition) is 4. The van der Waals surface area contributed by atoms with Crippen molar-refractivity contribution >= 4 is 11.9 Å². The van der Waals surface area contributed by atoms with Crippen LogP contribution in [0.15, 0.2) is 24.3 Å². The van der Waals surface area contributed by atoms with Gasteiger partial charge in [0, 0.05) is 19.9 Å². The van der Waals surface area contributed by atoms with Crippen molar-refractivity contribution in [2.24, 2.45) is 0 Å². The van der Waals surface area contributed by atoms with Gasteiger partial charge in [0.1, 0.15) is 12.1 Å². The van der Waals surface area contributed by atoms with Gasteiger partial charge >= 0.3 is 5.97 Å². The fourth-order valence-corrected chi connectivity index (χ4v) is 4.25. The van der Waals surface area contributed by atoms with Gasteiger partial charge in [0.25, 0.3) is 0 Å². The van der Waals surface area contributed by atoms with Crippen LogP contribution in [0.1, 0.15) is 37.3 Å². The topological polar surface area (TPSA) is 49.9 Å². The van der Waals surface area contributed by atoms with Crippen molar-refractivity contribution < 1.29 is 14.3 Å². The van der Waals surface area contributed by atoms with E-state index in [1.54, 1.807) is 18.9 Å². The number of carbonyl (C=O) groups is 2. The lowest BCUT2D eigenvalue weighted by atomic mass is 9.89. The van der Waals surface area contributed by atoms with Crippen molar-refractivity contribution in [3.63, 3.8) is 0 Å². The molecule has 0 spiro atoms. The Morgan fingerprint density at radius 1 is 1.12 bits per heavy atom. The summed E-state index contributed by atoms with van der Waals surface area (Å²) in [5.74, 6) is -0.304.